The van der Waals surface area contributed by atoms with E-state index in [9.17, 15) is 4.79 Å². The summed E-state index contributed by atoms with van der Waals surface area (Å²) in [5.74, 6) is 0.0647. The van der Waals surface area contributed by atoms with Gasteiger partial charge in [0, 0.05) is 37.5 Å². The van der Waals surface area contributed by atoms with Gasteiger partial charge < -0.3 is 9.33 Å². The zero-order valence-corrected chi connectivity index (χ0v) is 15.8. The molecule has 0 amide bonds. The molecule has 3 nitrogen and oxygen atoms in total. The van der Waals surface area contributed by atoms with Crippen LogP contribution in [0.2, 0.25) is 0 Å². The molecule has 2 aromatic carbocycles. The number of unbranched alkanes of at least 4 members (excludes halogenated alkanes) is 2. The molecule has 0 atom stereocenters. The number of benzene rings is 2. The Labute approximate surface area is 149 Å². The van der Waals surface area contributed by atoms with Gasteiger partial charge in [0.2, 0.25) is 10.5 Å². The number of nitrogens with zero attached hydrogens (tertiary/aromatic N) is 1. The van der Waals surface area contributed by atoms with E-state index in [-0.39, 0.29) is 5.78 Å². The second-order valence-electron chi connectivity index (χ2n) is 5.66. The maximum atomic E-state index is 12.3. The topological polar surface area (TPSA) is 29.5 Å². The second-order valence-corrected chi connectivity index (χ2v) is 5.95. The van der Waals surface area contributed by atoms with Crippen LogP contribution in [0.1, 0.15) is 42.1 Å². The molecule has 24 heavy (non-hydrogen) atoms. The van der Waals surface area contributed by atoms with Crippen molar-refractivity contribution in [3.63, 3.8) is 0 Å². The van der Waals surface area contributed by atoms with Crippen LogP contribution in [-0.2, 0) is 4.43 Å². The first-order chi connectivity index (χ1) is 11.6. The summed E-state index contributed by atoms with van der Waals surface area (Å²) in [5.41, 5.74) is 2.41. The molecule has 127 valence electrons. The third-order valence-corrected chi connectivity index (χ3v) is 3.72. The van der Waals surface area contributed by atoms with E-state index in [2.05, 4.69) is 21.8 Å². The normalized spacial score (nSPS) is 9.83. The highest BCUT2D eigenvalue weighted by atomic mass is 28.2. The number of ketones is 1. The number of anilines is 1. The molecule has 0 saturated carbocycles. The SMILES string of the molecule is CCCCCO[Si].CN(C)c1ccccc1C(=O)c1ccccc1. The molecule has 3 radical (unpaired) electrons. The lowest BCUT2D eigenvalue weighted by atomic mass is 10.0. The Morgan fingerprint density at radius 3 is 2.21 bits per heavy atom. The van der Waals surface area contributed by atoms with Gasteiger partial charge in [0.15, 0.2) is 5.78 Å². The molecule has 0 aliphatic rings. The van der Waals surface area contributed by atoms with Crippen molar-refractivity contribution >= 4 is 22.0 Å². The van der Waals surface area contributed by atoms with Gasteiger partial charge >= 0.3 is 0 Å². The van der Waals surface area contributed by atoms with Crippen LogP contribution in [0.4, 0.5) is 5.69 Å². The highest BCUT2D eigenvalue weighted by Crippen LogP contribution is 2.21. The minimum Gasteiger partial charge on any atom is -0.419 e. The van der Waals surface area contributed by atoms with Crippen molar-refractivity contribution in [2.45, 2.75) is 26.2 Å². The molecule has 0 aliphatic carbocycles. The Kier molecular flexibility index (Phi) is 9.73. The lowest BCUT2D eigenvalue weighted by Gasteiger charge is -2.16. The van der Waals surface area contributed by atoms with Crippen LogP contribution in [-0.4, -0.2) is 37.0 Å². The molecular formula is C20H26NO2Si. The number of rotatable bonds is 7. The monoisotopic (exact) mass is 340 g/mol. The van der Waals surface area contributed by atoms with E-state index in [1.807, 2.05) is 73.6 Å². The van der Waals surface area contributed by atoms with Crippen molar-refractivity contribution in [1.29, 1.82) is 0 Å². The number of carbonyl (C=O) groups excluding carboxylic acids is 1. The van der Waals surface area contributed by atoms with Crippen LogP contribution >= 0.6 is 0 Å². The first-order valence-electron chi connectivity index (χ1n) is 8.26. The van der Waals surface area contributed by atoms with Crippen molar-refractivity contribution in [2.75, 3.05) is 25.6 Å². The van der Waals surface area contributed by atoms with E-state index in [0.717, 1.165) is 23.4 Å². The molecular weight excluding hydrogens is 314 g/mol. The maximum absolute atomic E-state index is 12.3. The van der Waals surface area contributed by atoms with Gasteiger partial charge in [0.25, 0.3) is 0 Å². The Bertz CT molecular complexity index is 596. The Balaban J connectivity index is 0.000000351. The fourth-order valence-electron chi connectivity index (χ4n) is 2.22. The van der Waals surface area contributed by atoms with E-state index in [1.54, 1.807) is 0 Å². The van der Waals surface area contributed by atoms with Crippen LogP contribution in [0, 0.1) is 0 Å². The summed E-state index contributed by atoms with van der Waals surface area (Å²) in [6, 6.07) is 17.0. The summed E-state index contributed by atoms with van der Waals surface area (Å²) in [7, 11) is 6.80. The molecule has 0 fully saturated rings. The van der Waals surface area contributed by atoms with Crippen LogP contribution in [0.15, 0.2) is 54.6 Å². The zero-order chi connectivity index (χ0) is 17.8. The molecule has 2 aromatic rings. The summed E-state index contributed by atoms with van der Waals surface area (Å²) in [4.78, 5) is 14.3. The zero-order valence-electron chi connectivity index (χ0n) is 14.8. The molecule has 0 bridgehead atoms. The molecule has 0 saturated heterocycles. The highest BCUT2D eigenvalue weighted by molar-refractivity contribution is 6.12. The van der Waals surface area contributed by atoms with E-state index in [0.29, 0.717) is 0 Å². The predicted molar refractivity (Wildman–Crippen MR) is 102 cm³/mol. The Hall–Kier alpha value is -1.91. The average molecular weight is 341 g/mol. The predicted octanol–water partition coefficient (Wildman–Crippen LogP) is 4.26. The van der Waals surface area contributed by atoms with E-state index < -0.39 is 0 Å². The molecule has 0 N–H and O–H groups in total. The van der Waals surface area contributed by atoms with Crippen molar-refractivity contribution < 1.29 is 9.22 Å². The van der Waals surface area contributed by atoms with Gasteiger partial charge in [-0.15, -0.1) is 0 Å². The summed E-state index contributed by atoms with van der Waals surface area (Å²) >= 11 is 0. The van der Waals surface area contributed by atoms with Gasteiger partial charge in [0.1, 0.15) is 0 Å². The molecule has 0 heterocycles. The fraction of sp³-hybridized carbons (Fsp3) is 0.350. The minimum atomic E-state index is 0.0647. The minimum absolute atomic E-state index is 0.0647. The van der Waals surface area contributed by atoms with Crippen molar-refractivity contribution in [3.8, 4) is 0 Å². The lowest BCUT2D eigenvalue weighted by molar-refractivity contribution is 0.103. The Morgan fingerprint density at radius 1 is 1.00 bits per heavy atom. The maximum Gasteiger partial charge on any atom is 0.246 e. The third-order valence-electron chi connectivity index (χ3n) is 3.52. The van der Waals surface area contributed by atoms with Crippen molar-refractivity contribution in [3.05, 3.63) is 65.7 Å². The van der Waals surface area contributed by atoms with Crippen LogP contribution in [0.3, 0.4) is 0 Å². The van der Waals surface area contributed by atoms with Gasteiger partial charge in [-0.3, -0.25) is 4.79 Å². The summed E-state index contributed by atoms with van der Waals surface area (Å²) in [5, 5.41) is 0. The largest absolute Gasteiger partial charge is 0.419 e. The van der Waals surface area contributed by atoms with Gasteiger partial charge in [-0.25, -0.2) is 0 Å². The van der Waals surface area contributed by atoms with Crippen molar-refractivity contribution in [2.24, 2.45) is 0 Å². The fourth-order valence-corrected chi connectivity index (χ4v) is 2.37. The van der Waals surface area contributed by atoms with E-state index in [4.69, 9.17) is 0 Å². The summed E-state index contributed by atoms with van der Waals surface area (Å²) < 4.78 is 4.65. The van der Waals surface area contributed by atoms with Gasteiger partial charge in [-0.05, 0) is 18.6 Å². The van der Waals surface area contributed by atoms with Crippen LogP contribution in [0.5, 0.6) is 0 Å². The van der Waals surface area contributed by atoms with Gasteiger partial charge in [0.05, 0.1) is 0 Å². The number of para-hydroxylation sites is 1. The molecule has 2 rings (SSSR count). The highest BCUT2D eigenvalue weighted by Gasteiger charge is 2.13. The molecule has 0 unspecified atom stereocenters. The Morgan fingerprint density at radius 2 is 1.62 bits per heavy atom. The van der Waals surface area contributed by atoms with Crippen LogP contribution in [0.25, 0.3) is 0 Å². The van der Waals surface area contributed by atoms with Crippen LogP contribution < -0.4 is 4.90 Å². The molecule has 0 spiro atoms. The standard InChI is InChI=1S/C15H15NO.C5H11OSi/c1-16(2)14-11-7-6-10-13(14)15(17)12-8-4-3-5-9-12;1-2-3-4-5-6-7/h3-11H,1-2H3;2-5H2,1H3. The van der Waals surface area contributed by atoms with E-state index >= 15 is 0 Å². The average Bonchev–Trinajstić information content (AvgIpc) is 2.63. The first-order valence-corrected chi connectivity index (χ1v) is 8.67. The lowest BCUT2D eigenvalue weighted by Crippen LogP contribution is -2.14. The van der Waals surface area contributed by atoms with E-state index in [1.165, 1.54) is 19.3 Å². The summed E-state index contributed by atoms with van der Waals surface area (Å²) in [6.07, 6.45) is 3.69. The van der Waals surface area contributed by atoms with Gasteiger partial charge in [-0.1, -0.05) is 62.2 Å². The number of carbonyl (C=O) groups is 1. The number of hydrogen-bond donors (Lipinski definition) is 0. The van der Waals surface area contributed by atoms with Gasteiger partial charge in [-0.2, -0.15) is 0 Å². The summed E-state index contributed by atoms with van der Waals surface area (Å²) in [6.45, 7) is 3.01. The quantitative estimate of drug-likeness (QED) is 0.428. The third kappa shape index (κ3) is 6.68. The molecule has 0 aliphatic heterocycles. The smallest absolute Gasteiger partial charge is 0.246 e. The number of hydrogen-bond acceptors (Lipinski definition) is 3. The first kappa shape index (κ1) is 20.1. The van der Waals surface area contributed by atoms with Crippen molar-refractivity contribution in [1.82, 2.24) is 0 Å². The molecule has 0 aromatic heterocycles. The second kappa shape index (κ2) is 11.6. The molecule has 4 heteroatoms.